The van der Waals surface area contributed by atoms with Gasteiger partial charge in [-0.25, -0.2) is 0 Å². The lowest BCUT2D eigenvalue weighted by atomic mass is 10.1. The number of aryl methyl sites for hydroxylation is 1. The first kappa shape index (κ1) is 35.2. The zero-order chi connectivity index (χ0) is 28.4. The van der Waals surface area contributed by atoms with Gasteiger partial charge in [0.25, 0.3) is 0 Å². The van der Waals surface area contributed by atoms with Crippen molar-refractivity contribution in [1.82, 2.24) is 0 Å². The van der Waals surface area contributed by atoms with Crippen molar-refractivity contribution in [3.8, 4) is 11.5 Å². The van der Waals surface area contributed by atoms with Crippen LogP contribution in [0.25, 0.3) is 0 Å². The first-order valence-electron chi connectivity index (χ1n) is 16.6. The van der Waals surface area contributed by atoms with Crippen LogP contribution in [0.2, 0.25) is 0 Å². The Labute approximate surface area is 241 Å². The third-order valence-electron chi connectivity index (χ3n) is 7.52. The highest BCUT2D eigenvalue weighted by molar-refractivity contribution is 5.76. The van der Waals surface area contributed by atoms with Crippen molar-refractivity contribution in [2.75, 3.05) is 0 Å². The van der Waals surface area contributed by atoms with Gasteiger partial charge in [0.05, 0.1) is 0 Å². The molecule has 1 aromatic rings. The molecule has 0 spiro atoms. The Morgan fingerprint density at radius 1 is 0.487 bits per heavy atom. The highest BCUT2D eigenvalue weighted by Crippen LogP contribution is 2.29. The molecule has 39 heavy (non-hydrogen) atoms. The second-order valence-electron chi connectivity index (χ2n) is 11.5. The highest BCUT2D eigenvalue weighted by Gasteiger charge is 2.14. The minimum absolute atomic E-state index is 0.251. The van der Waals surface area contributed by atoms with E-state index in [9.17, 15) is 9.59 Å². The number of unbranched alkanes of at least 4 members (excludes halogenated alkanes) is 20. The van der Waals surface area contributed by atoms with Crippen LogP contribution < -0.4 is 9.47 Å². The van der Waals surface area contributed by atoms with Gasteiger partial charge in [-0.05, 0) is 37.5 Å². The molecule has 0 atom stereocenters. The fourth-order valence-corrected chi connectivity index (χ4v) is 4.99. The molecular weight excluding hydrogens is 484 g/mol. The number of hydrogen-bond donors (Lipinski definition) is 0. The van der Waals surface area contributed by atoms with E-state index in [1.165, 1.54) is 116 Å². The fraction of sp³-hybridized carbons (Fsp3) is 0.771. The van der Waals surface area contributed by atoms with E-state index in [-0.39, 0.29) is 11.9 Å². The van der Waals surface area contributed by atoms with Crippen LogP contribution in [0, 0.1) is 6.92 Å². The van der Waals surface area contributed by atoms with E-state index >= 15 is 0 Å². The van der Waals surface area contributed by atoms with Crippen LogP contribution in [-0.4, -0.2) is 11.9 Å². The second-order valence-corrected chi connectivity index (χ2v) is 11.5. The molecule has 1 rings (SSSR count). The topological polar surface area (TPSA) is 52.6 Å². The van der Waals surface area contributed by atoms with Crippen molar-refractivity contribution in [2.24, 2.45) is 0 Å². The van der Waals surface area contributed by atoms with E-state index < -0.39 is 0 Å². The van der Waals surface area contributed by atoms with Crippen molar-refractivity contribution >= 4 is 11.9 Å². The average molecular weight is 545 g/mol. The summed E-state index contributed by atoms with van der Waals surface area (Å²) in [5.74, 6) is 0.202. The van der Waals surface area contributed by atoms with E-state index in [1.54, 1.807) is 12.1 Å². The summed E-state index contributed by atoms with van der Waals surface area (Å²) in [4.78, 5) is 24.9. The lowest BCUT2D eigenvalue weighted by Gasteiger charge is -2.11. The van der Waals surface area contributed by atoms with Crippen LogP contribution in [0.5, 0.6) is 11.5 Å². The molecule has 1 aromatic carbocycles. The SMILES string of the molecule is CCCCCCCCCCCCCC(=O)Oc1ccc(C)cc1OC(=O)CCCCCCCCCCCCC. The Hall–Kier alpha value is -1.84. The van der Waals surface area contributed by atoms with Crippen LogP contribution >= 0.6 is 0 Å². The molecule has 0 aliphatic rings. The number of ether oxygens (including phenoxy) is 2. The van der Waals surface area contributed by atoms with Gasteiger partial charge in [-0.3, -0.25) is 9.59 Å². The van der Waals surface area contributed by atoms with Gasteiger partial charge in [-0.1, -0.05) is 148 Å². The zero-order valence-corrected chi connectivity index (χ0v) is 25.8. The normalized spacial score (nSPS) is 11.1. The fourth-order valence-electron chi connectivity index (χ4n) is 4.99. The summed E-state index contributed by atoms with van der Waals surface area (Å²) in [6, 6.07) is 5.40. The maximum atomic E-state index is 12.4. The van der Waals surface area contributed by atoms with Crippen molar-refractivity contribution in [1.29, 1.82) is 0 Å². The lowest BCUT2D eigenvalue weighted by molar-refractivity contribution is -0.137. The summed E-state index contributed by atoms with van der Waals surface area (Å²) in [5, 5.41) is 0. The number of carbonyl (C=O) groups is 2. The third-order valence-corrected chi connectivity index (χ3v) is 7.52. The monoisotopic (exact) mass is 544 g/mol. The molecule has 224 valence electrons. The third kappa shape index (κ3) is 20.7. The van der Waals surface area contributed by atoms with Gasteiger partial charge in [0.15, 0.2) is 11.5 Å². The van der Waals surface area contributed by atoms with Crippen LogP contribution in [0.3, 0.4) is 0 Å². The average Bonchev–Trinajstić information content (AvgIpc) is 2.92. The molecule has 0 saturated carbocycles. The number of rotatable bonds is 26. The molecule has 0 fully saturated rings. The molecule has 0 heterocycles. The Balaban J connectivity index is 2.18. The van der Waals surface area contributed by atoms with Crippen molar-refractivity contribution in [2.45, 2.75) is 175 Å². The summed E-state index contributed by atoms with van der Waals surface area (Å²) >= 11 is 0. The minimum atomic E-state index is -0.252. The number of carbonyl (C=O) groups excluding carboxylic acids is 2. The molecule has 0 N–H and O–H groups in total. The van der Waals surface area contributed by atoms with Gasteiger partial charge in [-0.15, -0.1) is 0 Å². The summed E-state index contributed by atoms with van der Waals surface area (Å²) in [7, 11) is 0. The van der Waals surface area contributed by atoms with Crippen LogP contribution in [0.15, 0.2) is 18.2 Å². The molecule has 4 nitrogen and oxygen atoms in total. The first-order chi connectivity index (χ1) is 19.1. The van der Waals surface area contributed by atoms with Crippen LogP contribution in [0.1, 0.15) is 174 Å². The standard InChI is InChI=1S/C35H60O4/c1-4-6-8-10-12-14-16-18-20-22-24-26-34(36)38-32-29-28-31(3)30-33(32)39-35(37)27-25-23-21-19-17-15-13-11-9-7-5-2/h28-30H,4-27H2,1-3H3. The first-order valence-corrected chi connectivity index (χ1v) is 16.6. The quantitative estimate of drug-likeness (QED) is 0.0661. The Morgan fingerprint density at radius 2 is 0.821 bits per heavy atom. The van der Waals surface area contributed by atoms with E-state index in [0.717, 1.165) is 31.2 Å². The van der Waals surface area contributed by atoms with Gasteiger partial charge in [0, 0.05) is 12.8 Å². The van der Waals surface area contributed by atoms with E-state index in [1.807, 2.05) is 13.0 Å². The zero-order valence-electron chi connectivity index (χ0n) is 25.8. The maximum absolute atomic E-state index is 12.4. The Morgan fingerprint density at radius 3 is 1.21 bits per heavy atom. The molecule has 0 saturated heterocycles. The van der Waals surface area contributed by atoms with Gasteiger partial charge >= 0.3 is 11.9 Å². The largest absolute Gasteiger partial charge is 0.423 e. The number of esters is 2. The molecule has 0 aromatic heterocycles. The molecule has 0 unspecified atom stereocenters. The summed E-state index contributed by atoms with van der Waals surface area (Å²) < 4.78 is 11.2. The predicted molar refractivity (Wildman–Crippen MR) is 165 cm³/mol. The Kier molecular flexibility index (Phi) is 22.7. The molecular formula is C35H60O4. The van der Waals surface area contributed by atoms with Crippen molar-refractivity contribution in [3.63, 3.8) is 0 Å². The molecule has 0 amide bonds. The summed E-state index contributed by atoms with van der Waals surface area (Å²) in [6.07, 6.45) is 28.2. The lowest BCUT2D eigenvalue weighted by Crippen LogP contribution is -2.12. The number of hydrogen-bond acceptors (Lipinski definition) is 4. The van der Waals surface area contributed by atoms with Gasteiger partial charge in [-0.2, -0.15) is 0 Å². The summed E-state index contributed by atoms with van der Waals surface area (Å²) in [5.41, 5.74) is 0.970. The highest BCUT2D eigenvalue weighted by atomic mass is 16.6. The van der Waals surface area contributed by atoms with E-state index in [2.05, 4.69) is 13.8 Å². The molecule has 0 aliphatic heterocycles. The maximum Gasteiger partial charge on any atom is 0.311 e. The van der Waals surface area contributed by atoms with E-state index in [0.29, 0.717) is 24.3 Å². The molecule has 4 heteroatoms. The Bertz CT molecular complexity index is 742. The molecule has 0 aliphatic carbocycles. The van der Waals surface area contributed by atoms with Gasteiger partial charge in [0.2, 0.25) is 0 Å². The van der Waals surface area contributed by atoms with Gasteiger partial charge < -0.3 is 9.47 Å². The second kappa shape index (κ2) is 25.1. The smallest absolute Gasteiger partial charge is 0.311 e. The number of benzene rings is 1. The minimum Gasteiger partial charge on any atom is -0.423 e. The van der Waals surface area contributed by atoms with Gasteiger partial charge in [0.1, 0.15) is 0 Å². The van der Waals surface area contributed by atoms with Crippen LogP contribution in [0.4, 0.5) is 0 Å². The van der Waals surface area contributed by atoms with Crippen molar-refractivity contribution in [3.05, 3.63) is 23.8 Å². The van der Waals surface area contributed by atoms with E-state index in [4.69, 9.17) is 9.47 Å². The summed E-state index contributed by atoms with van der Waals surface area (Å²) in [6.45, 7) is 6.45. The predicted octanol–water partition coefficient (Wildman–Crippen LogP) is 11.2. The molecule has 0 bridgehead atoms. The molecule has 0 radical (unpaired) electrons. The van der Waals surface area contributed by atoms with Crippen molar-refractivity contribution < 1.29 is 19.1 Å². The van der Waals surface area contributed by atoms with Crippen LogP contribution in [-0.2, 0) is 9.59 Å².